The van der Waals surface area contributed by atoms with Crippen molar-refractivity contribution in [2.45, 2.75) is 25.8 Å². The maximum Gasteiger partial charge on any atom is 0.254 e. The molecule has 0 spiro atoms. The molecule has 3 heterocycles. The van der Waals surface area contributed by atoms with Gasteiger partial charge in [-0.15, -0.1) is 0 Å². The summed E-state index contributed by atoms with van der Waals surface area (Å²) in [6.45, 7) is 3.98. The van der Waals surface area contributed by atoms with Gasteiger partial charge in [0.05, 0.1) is 14.2 Å². The fraction of sp³-hybridized carbons (Fsp3) is 0.450. The summed E-state index contributed by atoms with van der Waals surface area (Å²) in [6.07, 6.45) is 3.48. The maximum atomic E-state index is 5.42. The van der Waals surface area contributed by atoms with Gasteiger partial charge in [-0.1, -0.05) is 6.92 Å². The molecule has 1 atom stereocenters. The van der Waals surface area contributed by atoms with E-state index in [9.17, 15) is 0 Å². The molecule has 1 unspecified atom stereocenters. The van der Waals surface area contributed by atoms with Crippen molar-refractivity contribution in [2.24, 2.45) is 0 Å². The Balaban J connectivity index is 1.59. The Labute approximate surface area is 164 Å². The number of ether oxygens (including phenoxy) is 2. The highest BCUT2D eigenvalue weighted by Gasteiger charge is 2.28. The first kappa shape index (κ1) is 18.3. The van der Waals surface area contributed by atoms with Crippen molar-refractivity contribution in [1.29, 1.82) is 0 Å². The van der Waals surface area contributed by atoms with Crippen molar-refractivity contribution in [3.63, 3.8) is 0 Å². The minimum absolute atomic E-state index is 0.358. The quantitative estimate of drug-likeness (QED) is 0.648. The van der Waals surface area contributed by atoms with Crippen molar-refractivity contribution >= 4 is 17.3 Å². The lowest BCUT2D eigenvalue weighted by Gasteiger charge is -2.27. The molecule has 4 rings (SSSR count). The van der Waals surface area contributed by atoms with Crippen molar-refractivity contribution < 1.29 is 9.47 Å². The lowest BCUT2D eigenvalue weighted by atomic mass is 10.2. The van der Waals surface area contributed by atoms with Crippen molar-refractivity contribution in [1.82, 2.24) is 19.6 Å². The Morgan fingerprint density at radius 3 is 2.57 bits per heavy atom. The maximum absolute atomic E-state index is 5.42. The molecule has 1 fully saturated rings. The van der Waals surface area contributed by atoms with E-state index in [-0.39, 0.29) is 0 Å². The van der Waals surface area contributed by atoms with Crippen LogP contribution in [0.5, 0.6) is 11.5 Å². The number of fused-ring (bicyclic) bond motifs is 1. The topological polar surface area (TPSA) is 68.0 Å². The highest BCUT2D eigenvalue weighted by atomic mass is 16.5. The van der Waals surface area contributed by atoms with Gasteiger partial charge in [0, 0.05) is 61.8 Å². The minimum Gasteiger partial charge on any atom is -0.497 e. The summed E-state index contributed by atoms with van der Waals surface area (Å²) >= 11 is 0. The Hall–Kier alpha value is -3.03. The van der Waals surface area contributed by atoms with Crippen molar-refractivity contribution in [3.8, 4) is 11.5 Å². The van der Waals surface area contributed by atoms with Crippen LogP contribution in [-0.2, 0) is 6.42 Å². The summed E-state index contributed by atoms with van der Waals surface area (Å²) in [4.78, 5) is 13.5. The molecule has 1 saturated heterocycles. The smallest absolute Gasteiger partial charge is 0.254 e. The molecule has 2 aromatic heterocycles. The molecular weight excluding hydrogens is 356 g/mol. The van der Waals surface area contributed by atoms with Crippen LogP contribution in [0.2, 0.25) is 0 Å². The number of hydrogen-bond donors (Lipinski definition) is 0. The predicted molar refractivity (Wildman–Crippen MR) is 109 cm³/mol. The number of anilines is 2. The lowest BCUT2D eigenvalue weighted by Crippen LogP contribution is -2.36. The first-order chi connectivity index (χ1) is 13.6. The van der Waals surface area contributed by atoms with Crippen LogP contribution in [0.3, 0.4) is 0 Å². The van der Waals surface area contributed by atoms with E-state index in [2.05, 4.69) is 57.0 Å². The molecular formula is C20H26N6O2. The van der Waals surface area contributed by atoms with E-state index in [0.29, 0.717) is 11.8 Å². The van der Waals surface area contributed by atoms with E-state index in [4.69, 9.17) is 9.47 Å². The van der Waals surface area contributed by atoms with Gasteiger partial charge in [0.25, 0.3) is 5.78 Å². The number of aromatic nitrogens is 4. The summed E-state index contributed by atoms with van der Waals surface area (Å²) in [5, 5.41) is 4.36. The monoisotopic (exact) mass is 382 g/mol. The summed E-state index contributed by atoms with van der Waals surface area (Å²) < 4.78 is 12.7. The third-order valence-corrected chi connectivity index (χ3v) is 5.42. The van der Waals surface area contributed by atoms with Gasteiger partial charge >= 0.3 is 0 Å². The van der Waals surface area contributed by atoms with Gasteiger partial charge in [-0.05, 0) is 12.8 Å². The molecule has 0 aliphatic carbocycles. The van der Waals surface area contributed by atoms with E-state index in [1.165, 1.54) is 0 Å². The molecule has 0 amide bonds. The van der Waals surface area contributed by atoms with Crippen LogP contribution in [-0.4, -0.2) is 60.0 Å². The minimum atomic E-state index is 0.358. The summed E-state index contributed by atoms with van der Waals surface area (Å²) in [7, 11) is 5.48. The van der Waals surface area contributed by atoms with Crippen molar-refractivity contribution in [2.75, 3.05) is 44.2 Å². The normalized spacial score (nSPS) is 16.6. The number of hydrogen-bond acceptors (Lipinski definition) is 7. The molecule has 28 heavy (non-hydrogen) atoms. The Morgan fingerprint density at radius 1 is 1.14 bits per heavy atom. The van der Waals surface area contributed by atoms with Crippen LogP contribution >= 0.6 is 0 Å². The van der Waals surface area contributed by atoms with Gasteiger partial charge in [0.2, 0.25) is 0 Å². The molecule has 8 heteroatoms. The second kappa shape index (κ2) is 7.53. The van der Waals surface area contributed by atoms with Crippen LogP contribution in [0.15, 0.2) is 30.6 Å². The number of nitrogens with zero attached hydrogens (tertiary/aromatic N) is 6. The van der Waals surface area contributed by atoms with Gasteiger partial charge in [0.1, 0.15) is 23.6 Å². The number of likely N-dealkylation sites (N-methyl/N-ethyl adjacent to an activating group) is 1. The predicted octanol–water partition coefficient (Wildman–Crippen LogP) is 2.42. The van der Waals surface area contributed by atoms with E-state index in [1.807, 2.05) is 10.6 Å². The van der Waals surface area contributed by atoms with Gasteiger partial charge in [0.15, 0.2) is 0 Å². The number of methoxy groups -OCH3 is 2. The standard InChI is InChI=1S/C20H26N6O2/c1-5-14-8-19(26-20(23-14)21-13-22-26)24(2)15-6-7-25(12-15)16-9-17(27-3)11-18(10-16)28-4/h8-11,13,15H,5-7,12H2,1-4H3. The van der Waals surface area contributed by atoms with E-state index < -0.39 is 0 Å². The molecule has 0 bridgehead atoms. The fourth-order valence-corrected chi connectivity index (χ4v) is 3.73. The third-order valence-electron chi connectivity index (χ3n) is 5.42. The molecule has 8 nitrogen and oxygen atoms in total. The molecule has 1 aliphatic rings. The second-order valence-corrected chi connectivity index (χ2v) is 7.00. The van der Waals surface area contributed by atoms with Crippen LogP contribution in [0.4, 0.5) is 11.5 Å². The molecule has 0 N–H and O–H groups in total. The highest BCUT2D eigenvalue weighted by Crippen LogP contribution is 2.32. The summed E-state index contributed by atoms with van der Waals surface area (Å²) in [5.74, 6) is 3.28. The van der Waals surface area contributed by atoms with E-state index >= 15 is 0 Å². The van der Waals surface area contributed by atoms with Crippen LogP contribution in [0.1, 0.15) is 19.0 Å². The number of rotatable bonds is 6. The van der Waals surface area contributed by atoms with E-state index in [0.717, 1.165) is 54.6 Å². The zero-order valence-electron chi connectivity index (χ0n) is 16.8. The largest absolute Gasteiger partial charge is 0.497 e. The third kappa shape index (κ3) is 3.30. The zero-order valence-corrected chi connectivity index (χ0v) is 16.8. The van der Waals surface area contributed by atoms with E-state index in [1.54, 1.807) is 20.5 Å². The van der Waals surface area contributed by atoms with Crippen molar-refractivity contribution in [3.05, 3.63) is 36.3 Å². The van der Waals surface area contributed by atoms with Gasteiger partial charge in [-0.25, -0.2) is 4.98 Å². The number of benzene rings is 1. The van der Waals surface area contributed by atoms with Crippen LogP contribution in [0.25, 0.3) is 5.78 Å². The first-order valence-electron chi connectivity index (χ1n) is 9.53. The number of aryl methyl sites for hydroxylation is 1. The Bertz CT molecular complexity index is 950. The molecule has 0 saturated carbocycles. The average Bonchev–Trinajstić information content (AvgIpc) is 3.41. The van der Waals surface area contributed by atoms with Gasteiger partial charge < -0.3 is 19.3 Å². The van der Waals surface area contributed by atoms with Gasteiger partial charge in [-0.3, -0.25) is 0 Å². The molecule has 148 valence electrons. The molecule has 1 aliphatic heterocycles. The summed E-state index contributed by atoms with van der Waals surface area (Å²) in [6, 6.07) is 8.48. The average molecular weight is 382 g/mol. The first-order valence-corrected chi connectivity index (χ1v) is 9.53. The molecule has 1 aromatic carbocycles. The summed E-state index contributed by atoms with van der Waals surface area (Å²) in [5.41, 5.74) is 2.14. The highest BCUT2D eigenvalue weighted by molar-refractivity contribution is 5.57. The zero-order chi connectivity index (χ0) is 19.7. The Morgan fingerprint density at radius 2 is 1.89 bits per heavy atom. The van der Waals surface area contributed by atoms with Gasteiger partial charge in [-0.2, -0.15) is 14.6 Å². The van der Waals surface area contributed by atoms with Crippen LogP contribution in [0, 0.1) is 0 Å². The van der Waals surface area contributed by atoms with Crippen LogP contribution < -0.4 is 19.3 Å². The lowest BCUT2D eigenvalue weighted by molar-refractivity contribution is 0.394. The Kier molecular flexibility index (Phi) is 4.93. The SMILES string of the molecule is CCc1cc(N(C)C2CCN(c3cc(OC)cc(OC)c3)C2)n2ncnc2n1. The fourth-order valence-electron chi connectivity index (χ4n) is 3.73. The second-order valence-electron chi connectivity index (χ2n) is 7.00. The molecule has 3 aromatic rings. The molecule has 0 radical (unpaired) electrons.